The van der Waals surface area contributed by atoms with Gasteiger partial charge in [0.05, 0.1) is 22.7 Å². The van der Waals surface area contributed by atoms with Crippen LogP contribution in [0, 0.1) is 12.3 Å². The molecule has 0 bridgehead atoms. The number of fused-ring (bicyclic) bond motifs is 1. The van der Waals surface area contributed by atoms with Gasteiger partial charge in [0.2, 0.25) is 5.91 Å². The molecule has 2 aliphatic rings. The van der Waals surface area contributed by atoms with Gasteiger partial charge in [-0.1, -0.05) is 35.7 Å². The number of nitrogens with one attached hydrogen (secondary N) is 1. The second-order valence-corrected chi connectivity index (χ2v) is 9.32. The highest BCUT2D eigenvalue weighted by atomic mass is 35.5. The molecule has 172 valence electrons. The number of terminal acetylenes is 1. The molecule has 0 atom stereocenters. The number of hydrogen-bond donors (Lipinski definition) is 1. The van der Waals surface area contributed by atoms with Gasteiger partial charge in [-0.25, -0.2) is 9.78 Å². The van der Waals surface area contributed by atoms with Crippen LogP contribution in [0.4, 0.5) is 16.3 Å². The third-order valence-corrected chi connectivity index (χ3v) is 6.26. The third kappa shape index (κ3) is 5.07. The Hall–Kier alpha value is -3.24. The van der Waals surface area contributed by atoms with Crippen LogP contribution in [-0.4, -0.2) is 41.7 Å². The minimum Gasteiger partial charge on any atom is -0.444 e. The zero-order valence-electron chi connectivity index (χ0n) is 18.8. The first-order chi connectivity index (χ1) is 15.8. The van der Waals surface area contributed by atoms with Crippen LogP contribution in [-0.2, 0) is 22.6 Å². The first kappa shape index (κ1) is 22.9. The zero-order chi connectivity index (χ0) is 23.6. The minimum absolute atomic E-state index is 0.0523. The molecular formula is C25H27ClN4O3. The Morgan fingerprint density at radius 2 is 2.06 bits per heavy atom. The summed E-state index contributed by atoms with van der Waals surface area (Å²) in [5.41, 5.74) is 1.96. The van der Waals surface area contributed by atoms with Crippen LogP contribution in [0.15, 0.2) is 36.5 Å². The van der Waals surface area contributed by atoms with Crippen LogP contribution in [0.3, 0.4) is 0 Å². The van der Waals surface area contributed by atoms with Crippen molar-refractivity contribution in [3.63, 3.8) is 0 Å². The van der Waals surface area contributed by atoms with E-state index in [2.05, 4.69) is 21.1 Å². The van der Waals surface area contributed by atoms with Crippen LogP contribution >= 0.6 is 11.6 Å². The summed E-state index contributed by atoms with van der Waals surface area (Å²) >= 11 is 6.53. The lowest BCUT2D eigenvalue weighted by Crippen LogP contribution is -2.49. The van der Waals surface area contributed by atoms with E-state index < -0.39 is 5.54 Å². The van der Waals surface area contributed by atoms with Crippen LogP contribution in [0.2, 0.25) is 5.02 Å². The average molecular weight is 467 g/mol. The molecule has 0 saturated carbocycles. The Kier molecular flexibility index (Phi) is 6.48. The molecule has 0 unspecified atom stereocenters. The molecule has 7 nitrogen and oxygen atoms in total. The Morgan fingerprint density at radius 1 is 1.33 bits per heavy atom. The molecule has 4 rings (SSSR count). The number of halogens is 1. The van der Waals surface area contributed by atoms with Crippen molar-refractivity contribution in [3.8, 4) is 12.3 Å². The molecule has 0 aliphatic carbocycles. The van der Waals surface area contributed by atoms with E-state index in [0.717, 1.165) is 29.7 Å². The maximum absolute atomic E-state index is 12.5. The van der Waals surface area contributed by atoms with E-state index in [1.165, 1.54) is 0 Å². The third-order valence-electron chi connectivity index (χ3n) is 5.98. The predicted molar refractivity (Wildman–Crippen MR) is 128 cm³/mol. The second-order valence-electron chi connectivity index (χ2n) is 8.91. The van der Waals surface area contributed by atoms with E-state index in [-0.39, 0.29) is 24.5 Å². The smallest absolute Gasteiger partial charge is 0.414 e. The number of ether oxygens (including phenoxy) is 1. The number of amides is 2. The van der Waals surface area contributed by atoms with Gasteiger partial charge in [0.25, 0.3) is 0 Å². The Labute approximate surface area is 199 Å². The standard InChI is InChI=1S/C25H27ClN4O3/c1-4-25(2,3)28-22(31)14-17-13-20(26)23(27-15-17)29-11-9-19(10-12-29)30-21-8-6-5-7-18(21)16-33-24(30)32/h1,5-8,13,15,19H,9-12,14,16H2,2-3H3,(H,28,31). The molecule has 1 saturated heterocycles. The van der Waals surface area contributed by atoms with Gasteiger partial charge in [0, 0.05) is 30.9 Å². The topological polar surface area (TPSA) is 74.8 Å². The molecule has 2 amide bonds. The largest absolute Gasteiger partial charge is 0.444 e. The van der Waals surface area contributed by atoms with Crippen LogP contribution in [0.5, 0.6) is 0 Å². The Morgan fingerprint density at radius 3 is 2.76 bits per heavy atom. The summed E-state index contributed by atoms with van der Waals surface area (Å²) in [4.78, 5) is 33.2. The van der Waals surface area contributed by atoms with E-state index in [0.29, 0.717) is 30.5 Å². The SMILES string of the molecule is C#CC(C)(C)NC(=O)Cc1cnc(N2CCC(N3C(=O)OCc4ccccc43)CC2)c(Cl)c1. The lowest BCUT2D eigenvalue weighted by molar-refractivity contribution is -0.121. The molecule has 1 aromatic heterocycles. The van der Waals surface area contributed by atoms with Crippen LogP contribution < -0.4 is 15.1 Å². The molecule has 1 aromatic carbocycles. The highest BCUT2D eigenvalue weighted by Gasteiger charge is 2.34. The van der Waals surface area contributed by atoms with Gasteiger partial charge in [0.1, 0.15) is 12.4 Å². The fourth-order valence-electron chi connectivity index (χ4n) is 4.27. The van der Waals surface area contributed by atoms with Crippen molar-refractivity contribution in [2.75, 3.05) is 22.9 Å². The van der Waals surface area contributed by atoms with Crippen molar-refractivity contribution >= 4 is 35.1 Å². The Balaban J connectivity index is 1.40. The minimum atomic E-state index is -0.708. The van der Waals surface area contributed by atoms with E-state index in [1.54, 1.807) is 31.0 Å². The lowest BCUT2D eigenvalue weighted by Gasteiger charge is -2.40. The number of nitrogens with zero attached hydrogens (tertiary/aromatic N) is 3. The summed E-state index contributed by atoms with van der Waals surface area (Å²) in [7, 11) is 0. The molecule has 8 heteroatoms. The number of carbonyl (C=O) groups excluding carboxylic acids is 2. The summed E-state index contributed by atoms with van der Waals surface area (Å²) in [5.74, 6) is 3.05. The number of cyclic esters (lactones) is 1. The number of aromatic nitrogens is 1. The maximum atomic E-state index is 12.5. The normalized spacial score (nSPS) is 16.6. The number of hydrogen-bond acceptors (Lipinski definition) is 5. The number of pyridine rings is 1. The average Bonchev–Trinajstić information content (AvgIpc) is 2.79. The van der Waals surface area contributed by atoms with Gasteiger partial charge in [-0.05, 0) is 44.4 Å². The van der Waals surface area contributed by atoms with Crippen molar-refractivity contribution in [1.82, 2.24) is 10.3 Å². The van der Waals surface area contributed by atoms with E-state index in [4.69, 9.17) is 22.8 Å². The molecule has 2 aliphatic heterocycles. The summed E-state index contributed by atoms with van der Waals surface area (Å²) in [6.45, 7) is 5.27. The van der Waals surface area contributed by atoms with Gasteiger partial charge in [-0.3, -0.25) is 9.69 Å². The maximum Gasteiger partial charge on any atom is 0.414 e. The molecule has 1 N–H and O–H groups in total. The fraction of sp³-hybridized carbons (Fsp3) is 0.400. The highest BCUT2D eigenvalue weighted by Crippen LogP contribution is 2.33. The van der Waals surface area contributed by atoms with Gasteiger partial charge < -0.3 is 15.0 Å². The summed E-state index contributed by atoms with van der Waals surface area (Å²) in [5, 5.41) is 3.30. The molecule has 33 heavy (non-hydrogen) atoms. The first-order valence-electron chi connectivity index (χ1n) is 11.0. The summed E-state index contributed by atoms with van der Waals surface area (Å²) in [6, 6.07) is 9.69. The molecule has 0 spiro atoms. The van der Waals surface area contributed by atoms with Crippen molar-refractivity contribution in [2.24, 2.45) is 0 Å². The second kappa shape index (κ2) is 9.32. The summed E-state index contributed by atoms with van der Waals surface area (Å²) < 4.78 is 5.38. The molecule has 1 fully saturated rings. The van der Waals surface area contributed by atoms with Gasteiger partial charge in [0.15, 0.2) is 0 Å². The van der Waals surface area contributed by atoms with Gasteiger partial charge in [-0.15, -0.1) is 6.42 Å². The zero-order valence-corrected chi connectivity index (χ0v) is 19.6. The van der Waals surface area contributed by atoms with Crippen LogP contribution in [0.25, 0.3) is 0 Å². The van der Waals surface area contributed by atoms with E-state index in [9.17, 15) is 9.59 Å². The molecule has 0 radical (unpaired) electrons. The molecular weight excluding hydrogens is 440 g/mol. The molecule has 2 aromatic rings. The van der Waals surface area contributed by atoms with E-state index >= 15 is 0 Å². The monoisotopic (exact) mass is 466 g/mol. The van der Waals surface area contributed by atoms with Gasteiger partial charge >= 0.3 is 6.09 Å². The van der Waals surface area contributed by atoms with Crippen LogP contribution in [0.1, 0.15) is 37.8 Å². The van der Waals surface area contributed by atoms with E-state index in [1.807, 2.05) is 24.3 Å². The highest BCUT2D eigenvalue weighted by molar-refractivity contribution is 6.33. The van der Waals surface area contributed by atoms with Crippen molar-refractivity contribution in [3.05, 3.63) is 52.7 Å². The number of rotatable bonds is 5. The van der Waals surface area contributed by atoms with Gasteiger partial charge in [-0.2, -0.15) is 0 Å². The fourth-order valence-corrected chi connectivity index (χ4v) is 4.58. The quantitative estimate of drug-likeness (QED) is 0.676. The number of piperidine rings is 1. The number of para-hydroxylation sites is 1. The first-order valence-corrected chi connectivity index (χ1v) is 11.4. The molecule has 3 heterocycles. The number of anilines is 2. The number of benzene rings is 1. The predicted octanol–water partition coefficient (Wildman–Crippen LogP) is 3.93. The van der Waals surface area contributed by atoms with Crippen molar-refractivity contribution in [2.45, 2.75) is 51.3 Å². The lowest BCUT2D eigenvalue weighted by atomic mass is 10.0. The van der Waals surface area contributed by atoms with Crippen molar-refractivity contribution < 1.29 is 14.3 Å². The Bertz CT molecular complexity index is 1100. The van der Waals surface area contributed by atoms with Crippen molar-refractivity contribution in [1.29, 1.82) is 0 Å². The number of carbonyl (C=O) groups is 2. The summed E-state index contributed by atoms with van der Waals surface area (Å²) in [6.07, 6.45) is 8.50.